The minimum Gasteiger partial charge on any atom is -0.391 e. The normalized spacial score (nSPS) is 10.4. The molecule has 0 aliphatic rings. The number of benzene rings is 1. The molecule has 0 aliphatic heterocycles. The summed E-state index contributed by atoms with van der Waals surface area (Å²) in [7, 11) is 0. The van der Waals surface area contributed by atoms with Crippen LogP contribution in [0.2, 0.25) is 0 Å². The van der Waals surface area contributed by atoms with Crippen molar-refractivity contribution in [1.82, 2.24) is 9.59 Å². The number of hydrogen-bond donors (Lipinski definition) is 1. The Bertz CT molecular complexity index is 439. The lowest BCUT2D eigenvalue weighted by atomic mass is 10.1. The molecule has 0 unspecified atom stereocenters. The second-order valence-electron chi connectivity index (χ2n) is 3.02. The highest BCUT2D eigenvalue weighted by molar-refractivity contribution is 7.05. The minimum atomic E-state index is 0.00132. The minimum absolute atomic E-state index is 0.00132. The van der Waals surface area contributed by atoms with Crippen molar-refractivity contribution in [2.45, 2.75) is 13.5 Å². The van der Waals surface area contributed by atoms with Crippen LogP contribution in [0.3, 0.4) is 0 Å². The molecule has 2 aromatic rings. The quantitative estimate of drug-likeness (QED) is 0.817. The first-order valence-electron chi connectivity index (χ1n) is 4.31. The fourth-order valence-electron chi connectivity index (χ4n) is 1.36. The molecule has 72 valence electrons. The third kappa shape index (κ3) is 1.54. The lowest BCUT2D eigenvalue weighted by Crippen LogP contribution is -1.87. The SMILES string of the molecule is Cc1ccccc1-c1nnsc1CO. The summed E-state index contributed by atoms with van der Waals surface area (Å²) in [5.41, 5.74) is 3.00. The molecule has 0 aliphatic carbocycles. The van der Waals surface area contributed by atoms with Crippen LogP contribution in [0.1, 0.15) is 10.4 Å². The highest BCUT2D eigenvalue weighted by Crippen LogP contribution is 2.26. The number of aryl methyl sites for hydroxylation is 1. The smallest absolute Gasteiger partial charge is 0.111 e. The van der Waals surface area contributed by atoms with Crippen LogP contribution < -0.4 is 0 Å². The molecular weight excluding hydrogens is 196 g/mol. The molecule has 0 saturated carbocycles. The van der Waals surface area contributed by atoms with E-state index in [0.29, 0.717) is 0 Å². The van der Waals surface area contributed by atoms with Crippen LogP contribution in [0.5, 0.6) is 0 Å². The third-order valence-corrected chi connectivity index (χ3v) is 2.81. The number of rotatable bonds is 2. The van der Waals surface area contributed by atoms with Crippen molar-refractivity contribution >= 4 is 11.5 Å². The lowest BCUT2D eigenvalue weighted by Gasteiger charge is -2.02. The van der Waals surface area contributed by atoms with Crippen LogP contribution >= 0.6 is 11.5 Å². The van der Waals surface area contributed by atoms with Gasteiger partial charge in [0.2, 0.25) is 0 Å². The molecule has 0 radical (unpaired) electrons. The summed E-state index contributed by atoms with van der Waals surface area (Å²) in [4.78, 5) is 0.819. The zero-order valence-electron chi connectivity index (χ0n) is 7.77. The van der Waals surface area contributed by atoms with Gasteiger partial charge in [-0.05, 0) is 24.0 Å². The van der Waals surface area contributed by atoms with E-state index in [1.54, 1.807) is 0 Å². The standard InChI is InChI=1S/C10H10N2OS/c1-7-4-2-3-5-8(7)10-9(6-13)14-12-11-10/h2-5,13H,6H2,1H3. The van der Waals surface area contributed by atoms with E-state index in [9.17, 15) is 0 Å². The van der Waals surface area contributed by atoms with E-state index in [-0.39, 0.29) is 6.61 Å². The van der Waals surface area contributed by atoms with Gasteiger partial charge in [0.05, 0.1) is 11.5 Å². The Morgan fingerprint density at radius 1 is 1.36 bits per heavy atom. The van der Waals surface area contributed by atoms with E-state index in [0.717, 1.165) is 21.7 Å². The highest BCUT2D eigenvalue weighted by Gasteiger charge is 2.10. The molecular formula is C10H10N2OS. The second-order valence-corrected chi connectivity index (χ2v) is 3.86. The monoisotopic (exact) mass is 206 g/mol. The number of aliphatic hydroxyl groups excluding tert-OH is 1. The molecule has 0 amide bonds. The maximum atomic E-state index is 9.09. The molecule has 1 aromatic heterocycles. The molecule has 0 bridgehead atoms. The fraction of sp³-hybridized carbons (Fsp3) is 0.200. The molecule has 0 spiro atoms. The Labute approximate surface area is 86.2 Å². The summed E-state index contributed by atoms with van der Waals surface area (Å²) < 4.78 is 3.84. The molecule has 0 atom stereocenters. The van der Waals surface area contributed by atoms with Crippen molar-refractivity contribution < 1.29 is 5.11 Å². The zero-order chi connectivity index (χ0) is 9.97. The Kier molecular flexibility index (Phi) is 2.56. The van der Waals surface area contributed by atoms with Gasteiger partial charge in [0.25, 0.3) is 0 Å². The van der Waals surface area contributed by atoms with Gasteiger partial charge in [-0.2, -0.15) is 0 Å². The van der Waals surface area contributed by atoms with Crippen LogP contribution in [-0.2, 0) is 6.61 Å². The van der Waals surface area contributed by atoms with E-state index in [2.05, 4.69) is 9.59 Å². The summed E-state index contributed by atoms with van der Waals surface area (Å²) >= 11 is 1.24. The van der Waals surface area contributed by atoms with Crippen LogP contribution in [0.15, 0.2) is 24.3 Å². The second kappa shape index (κ2) is 3.86. The molecule has 0 fully saturated rings. The highest BCUT2D eigenvalue weighted by atomic mass is 32.1. The maximum Gasteiger partial charge on any atom is 0.111 e. The van der Waals surface area contributed by atoms with E-state index in [1.165, 1.54) is 11.5 Å². The largest absolute Gasteiger partial charge is 0.391 e. The van der Waals surface area contributed by atoms with Gasteiger partial charge in [0.15, 0.2) is 0 Å². The van der Waals surface area contributed by atoms with Gasteiger partial charge < -0.3 is 5.11 Å². The predicted octanol–water partition coefficient (Wildman–Crippen LogP) is 2.01. The van der Waals surface area contributed by atoms with Crippen molar-refractivity contribution in [2.75, 3.05) is 0 Å². The van der Waals surface area contributed by atoms with Crippen LogP contribution in [0.25, 0.3) is 11.3 Å². The van der Waals surface area contributed by atoms with Crippen LogP contribution in [0, 0.1) is 6.92 Å². The predicted molar refractivity (Wildman–Crippen MR) is 56.0 cm³/mol. The van der Waals surface area contributed by atoms with Gasteiger partial charge in [-0.25, -0.2) is 0 Å². The van der Waals surface area contributed by atoms with Gasteiger partial charge in [-0.3, -0.25) is 0 Å². The van der Waals surface area contributed by atoms with Gasteiger partial charge >= 0.3 is 0 Å². The molecule has 3 nitrogen and oxygen atoms in total. The number of hydrogen-bond acceptors (Lipinski definition) is 4. The average molecular weight is 206 g/mol. The van der Waals surface area contributed by atoms with Gasteiger partial charge in [0.1, 0.15) is 5.69 Å². The van der Waals surface area contributed by atoms with Crippen molar-refractivity contribution in [2.24, 2.45) is 0 Å². The van der Waals surface area contributed by atoms with Crippen molar-refractivity contribution in [3.05, 3.63) is 34.7 Å². The van der Waals surface area contributed by atoms with Crippen LogP contribution in [-0.4, -0.2) is 14.7 Å². The van der Waals surface area contributed by atoms with Crippen molar-refractivity contribution in [3.63, 3.8) is 0 Å². The molecule has 0 saturated heterocycles. The Balaban J connectivity index is 2.54. The van der Waals surface area contributed by atoms with Crippen LogP contribution in [0.4, 0.5) is 0 Å². The first-order valence-corrected chi connectivity index (χ1v) is 5.08. The molecule has 1 N–H and O–H groups in total. The zero-order valence-corrected chi connectivity index (χ0v) is 8.58. The number of nitrogens with zero attached hydrogens (tertiary/aromatic N) is 2. The average Bonchev–Trinajstić information content (AvgIpc) is 2.66. The number of aliphatic hydroxyl groups is 1. The first kappa shape index (κ1) is 9.30. The topological polar surface area (TPSA) is 46.0 Å². The summed E-state index contributed by atoms with van der Waals surface area (Å²) in [6.45, 7) is 2.02. The summed E-state index contributed by atoms with van der Waals surface area (Å²) in [5.74, 6) is 0. The van der Waals surface area contributed by atoms with Crippen molar-refractivity contribution in [3.8, 4) is 11.3 Å². The van der Waals surface area contributed by atoms with E-state index >= 15 is 0 Å². The summed E-state index contributed by atoms with van der Waals surface area (Å²) in [5, 5.41) is 13.1. The molecule has 14 heavy (non-hydrogen) atoms. The van der Waals surface area contributed by atoms with E-state index in [1.807, 2.05) is 31.2 Å². The molecule has 2 rings (SSSR count). The Morgan fingerprint density at radius 3 is 2.86 bits per heavy atom. The van der Waals surface area contributed by atoms with E-state index in [4.69, 9.17) is 5.11 Å². The molecule has 1 heterocycles. The molecule has 1 aromatic carbocycles. The van der Waals surface area contributed by atoms with Gasteiger partial charge in [0, 0.05) is 5.56 Å². The van der Waals surface area contributed by atoms with E-state index < -0.39 is 0 Å². The van der Waals surface area contributed by atoms with Crippen molar-refractivity contribution in [1.29, 1.82) is 0 Å². The maximum absolute atomic E-state index is 9.09. The third-order valence-electron chi connectivity index (χ3n) is 2.10. The summed E-state index contributed by atoms with van der Waals surface area (Å²) in [6.07, 6.45) is 0. The lowest BCUT2D eigenvalue weighted by molar-refractivity contribution is 0.286. The Hall–Kier alpha value is -1.26. The summed E-state index contributed by atoms with van der Waals surface area (Å²) in [6, 6.07) is 7.96. The molecule has 4 heteroatoms. The Morgan fingerprint density at radius 2 is 2.14 bits per heavy atom. The fourth-order valence-corrected chi connectivity index (χ4v) is 1.87. The van der Waals surface area contributed by atoms with Gasteiger partial charge in [-0.15, -0.1) is 5.10 Å². The van der Waals surface area contributed by atoms with Gasteiger partial charge in [-0.1, -0.05) is 28.8 Å². The first-order chi connectivity index (χ1) is 6.83. The number of aromatic nitrogens is 2.